The average molecular weight is 256 g/mol. The standard InChI is InChI=1S/C12H14ClNO3/c1-12-4-2-8(15)10(13)11(12)17-9(16)6-7(12)3-5-14/h6H,2-5,14H2,1H3. The molecule has 0 radical (unpaired) electrons. The van der Waals surface area contributed by atoms with Crippen LogP contribution in [0.25, 0.3) is 0 Å². The number of hydrogen-bond acceptors (Lipinski definition) is 4. The number of esters is 1. The molecule has 0 aromatic rings. The minimum atomic E-state index is -0.478. The van der Waals surface area contributed by atoms with E-state index in [1.54, 1.807) is 0 Å². The Labute approximate surface area is 104 Å². The molecule has 5 heteroatoms. The second-order valence-electron chi connectivity index (χ2n) is 4.53. The summed E-state index contributed by atoms with van der Waals surface area (Å²) >= 11 is 5.96. The molecule has 1 atom stereocenters. The van der Waals surface area contributed by atoms with Crippen molar-refractivity contribution in [3.05, 3.63) is 22.4 Å². The van der Waals surface area contributed by atoms with Gasteiger partial charge < -0.3 is 10.5 Å². The third kappa shape index (κ3) is 1.91. The van der Waals surface area contributed by atoms with E-state index in [2.05, 4.69) is 0 Å². The van der Waals surface area contributed by atoms with Gasteiger partial charge in [-0.3, -0.25) is 4.79 Å². The zero-order chi connectivity index (χ0) is 12.6. The molecule has 0 aromatic carbocycles. The predicted octanol–water partition coefficient (Wildman–Crippen LogP) is 1.64. The van der Waals surface area contributed by atoms with E-state index in [4.69, 9.17) is 22.1 Å². The molecular weight excluding hydrogens is 242 g/mol. The number of Topliss-reactive ketones (excluding diaryl/α,β-unsaturated/α-hetero) is 1. The molecule has 0 aromatic heterocycles. The van der Waals surface area contributed by atoms with E-state index < -0.39 is 11.4 Å². The van der Waals surface area contributed by atoms with Crippen LogP contribution in [0.2, 0.25) is 0 Å². The van der Waals surface area contributed by atoms with Gasteiger partial charge in [0.2, 0.25) is 0 Å². The Bertz CT molecular complexity index is 453. The Kier molecular flexibility index (Phi) is 3.10. The first-order valence-corrected chi connectivity index (χ1v) is 5.93. The second kappa shape index (κ2) is 4.27. The molecule has 1 unspecified atom stereocenters. The Hall–Kier alpha value is -1.13. The number of carbonyl (C=O) groups excluding carboxylic acids is 2. The summed E-state index contributed by atoms with van der Waals surface area (Å²) in [6.07, 6.45) is 3.05. The Morgan fingerprint density at radius 1 is 1.53 bits per heavy atom. The van der Waals surface area contributed by atoms with Gasteiger partial charge in [-0.15, -0.1) is 0 Å². The molecule has 0 bridgehead atoms. The van der Waals surface area contributed by atoms with Gasteiger partial charge in [-0.05, 0) is 31.9 Å². The van der Waals surface area contributed by atoms with Crippen LogP contribution in [0, 0.1) is 5.41 Å². The van der Waals surface area contributed by atoms with E-state index in [0.717, 1.165) is 5.57 Å². The number of hydrogen-bond donors (Lipinski definition) is 1. The van der Waals surface area contributed by atoms with Crippen LogP contribution in [0.3, 0.4) is 0 Å². The van der Waals surface area contributed by atoms with Crippen molar-refractivity contribution in [2.24, 2.45) is 11.1 Å². The number of nitrogens with two attached hydrogens (primary N) is 1. The summed E-state index contributed by atoms with van der Waals surface area (Å²) in [5, 5.41) is 0.0507. The maximum Gasteiger partial charge on any atom is 0.335 e. The fourth-order valence-corrected chi connectivity index (χ4v) is 2.70. The highest BCUT2D eigenvalue weighted by atomic mass is 35.5. The third-order valence-corrected chi connectivity index (χ3v) is 3.80. The van der Waals surface area contributed by atoms with Gasteiger partial charge in [0.1, 0.15) is 10.8 Å². The minimum Gasteiger partial charge on any atom is -0.425 e. The van der Waals surface area contributed by atoms with Crippen molar-refractivity contribution in [1.82, 2.24) is 0 Å². The molecule has 0 saturated heterocycles. The van der Waals surface area contributed by atoms with Gasteiger partial charge in [0.15, 0.2) is 5.78 Å². The van der Waals surface area contributed by atoms with Crippen molar-refractivity contribution in [2.45, 2.75) is 26.2 Å². The number of ketones is 1. The van der Waals surface area contributed by atoms with Crippen LogP contribution in [-0.2, 0) is 14.3 Å². The zero-order valence-corrected chi connectivity index (χ0v) is 10.3. The van der Waals surface area contributed by atoms with Crippen LogP contribution >= 0.6 is 11.6 Å². The smallest absolute Gasteiger partial charge is 0.335 e. The SMILES string of the molecule is CC12CCC(=O)C(Cl)=C1OC(=O)C=C2CCN. The van der Waals surface area contributed by atoms with Crippen LogP contribution in [0.5, 0.6) is 0 Å². The van der Waals surface area contributed by atoms with Crippen molar-refractivity contribution in [3.8, 4) is 0 Å². The average Bonchev–Trinajstić information content (AvgIpc) is 2.28. The third-order valence-electron chi connectivity index (χ3n) is 3.41. The highest BCUT2D eigenvalue weighted by molar-refractivity contribution is 6.43. The summed E-state index contributed by atoms with van der Waals surface area (Å²) in [4.78, 5) is 23.0. The molecule has 0 spiro atoms. The topological polar surface area (TPSA) is 69.4 Å². The molecule has 1 aliphatic carbocycles. The van der Waals surface area contributed by atoms with Crippen molar-refractivity contribution in [2.75, 3.05) is 6.54 Å². The first kappa shape index (κ1) is 12.3. The maximum atomic E-state index is 11.5. The summed E-state index contributed by atoms with van der Waals surface area (Å²) in [5.74, 6) is -0.346. The number of ether oxygens (including phenoxy) is 1. The Morgan fingerprint density at radius 3 is 2.88 bits per heavy atom. The number of halogens is 1. The lowest BCUT2D eigenvalue weighted by Crippen LogP contribution is -2.36. The van der Waals surface area contributed by atoms with Crippen LogP contribution in [-0.4, -0.2) is 18.3 Å². The maximum absolute atomic E-state index is 11.5. The van der Waals surface area contributed by atoms with Crippen LogP contribution < -0.4 is 5.73 Å². The summed E-state index contributed by atoms with van der Waals surface area (Å²) < 4.78 is 5.12. The van der Waals surface area contributed by atoms with Gasteiger partial charge in [0.05, 0.1) is 0 Å². The molecule has 0 fully saturated rings. The Balaban J connectivity index is 2.52. The zero-order valence-electron chi connectivity index (χ0n) is 9.59. The van der Waals surface area contributed by atoms with Crippen LogP contribution in [0.4, 0.5) is 0 Å². The van der Waals surface area contributed by atoms with E-state index in [1.165, 1.54) is 6.08 Å². The van der Waals surface area contributed by atoms with Gasteiger partial charge >= 0.3 is 5.97 Å². The predicted molar refractivity (Wildman–Crippen MR) is 63.1 cm³/mol. The van der Waals surface area contributed by atoms with E-state index in [1.807, 2.05) is 6.92 Å². The van der Waals surface area contributed by atoms with E-state index in [-0.39, 0.29) is 10.8 Å². The van der Waals surface area contributed by atoms with E-state index in [0.29, 0.717) is 31.6 Å². The lowest BCUT2D eigenvalue weighted by molar-refractivity contribution is -0.137. The summed E-state index contributed by atoms with van der Waals surface area (Å²) in [6.45, 7) is 2.39. The molecule has 1 aliphatic heterocycles. The van der Waals surface area contributed by atoms with Gasteiger partial charge in [-0.1, -0.05) is 11.6 Å². The monoisotopic (exact) mass is 255 g/mol. The molecular formula is C12H14ClNO3. The molecule has 2 N–H and O–H groups in total. The highest BCUT2D eigenvalue weighted by Crippen LogP contribution is 2.49. The molecule has 92 valence electrons. The quantitative estimate of drug-likeness (QED) is 0.762. The molecule has 4 nitrogen and oxygen atoms in total. The van der Waals surface area contributed by atoms with E-state index in [9.17, 15) is 9.59 Å². The summed E-state index contributed by atoms with van der Waals surface area (Å²) in [7, 11) is 0. The molecule has 0 saturated carbocycles. The number of allylic oxidation sites excluding steroid dienone is 2. The molecule has 2 rings (SSSR count). The van der Waals surface area contributed by atoms with Gasteiger partial charge in [-0.25, -0.2) is 4.79 Å². The second-order valence-corrected chi connectivity index (χ2v) is 4.91. The van der Waals surface area contributed by atoms with Gasteiger partial charge in [0.25, 0.3) is 0 Å². The fourth-order valence-electron chi connectivity index (χ4n) is 2.35. The van der Waals surface area contributed by atoms with Gasteiger partial charge in [-0.2, -0.15) is 0 Å². The minimum absolute atomic E-state index is 0.0507. The Morgan fingerprint density at radius 2 is 2.24 bits per heavy atom. The molecule has 2 aliphatic rings. The summed E-state index contributed by atoms with van der Waals surface area (Å²) in [5.41, 5.74) is 5.98. The van der Waals surface area contributed by atoms with Gasteiger partial charge in [0, 0.05) is 17.9 Å². The number of rotatable bonds is 2. The highest BCUT2D eigenvalue weighted by Gasteiger charge is 2.45. The van der Waals surface area contributed by atoms with Crippen molar-refractivity contribution >= 4 is 23.4 Å². The number of carbonyl (C=O) groups is 2. The lowest BCUT2D eigenvalue weighted by Gasteiger charge is -2.39. The molecule has 0 amide bonds. The normalized spacial score (nSPS) is 28.8. The van der Waals surface area contributed by atoms with Crippen LogP contribution in [0.1, 0.15) is 26.2 Å². The summed E-state index contributed by atoms with van der Waals surface area (Å²) in [6, 6.07) is 0. The first-order chi connectivity index (χ1) is 7.99. The largest absolute Gasteiger partial charge is 0.425 e. The van der Waals surface area contributed by atoms with Crippen molar-refractivity contribution in [3.63, 3.8) is 0 Å². The number of fused-ring (bicyclic) bond motifs is 1. The fraction of sp³-hybridized carbons (Fsp3) is 0.500. The van der Waals surface area contributed by atoms with E-state index >= 15 is 0 Å². The molecule has 1 heterocycles. The molecule has 17 heavy (non-hydrogen) atoms. The van der Waals surface area contributed by atoms with Crippen molar-refractivity contribution in [1.29, 1.82) is 0 Å². The first-order valence-electron chi connectivity index (χ1n) is 5.55. The van der Waals surface area contributed by atoms with Crippen molar-refractivity contribution < 1.29 is 14.3 Å². The lowest BCUT2D eigenvalue weighted by atomic mass is 9.70. The van der Waals surface area contributed by atoms with Crippen LogP contribution in [0.15, 0.2) is 22.4 Å².